The Morgan fingerprint density at radius 2 is 2.00 bits per heavy atom. The summed E-state index contributed by atoms with van der Waals surface area (Å²) in [5.41, 5.74) is 3.61. The Hall–Kier alpha value is -3.71. The summed E-state index contributed by atoms with van der Waals surface area (Å²) in [6, 6.07) is 14.8. The number of aryl methyl sites for hydroxylation is 1. The number of nitro groups is 1. The minimum atomic E-state index is -0.548. The highest BCUT2D eigenvalue weighted by molar-refractivity contribution is 6.32. The standard InChI is InChI=1S/C21H14ClN3O4/c1-12-2-6-17-20(8-12)29-21(24-17)15-10-14(4-7-19(15)26)23-11-13-3-5-16(22)18(9-13)25(27)28/h2-11,26H,1H3. The lowest BCUT2D eigenvalue weighted by molar-refractivity contribution is -0.384. The van der Waals surface area contributed by atoms with Gasteiger partial charge in [-0.05, 0) is 54.4 Å². The molecule has 0 aliphatic rings. The number of phenols is 1. The smallest absolute Gasteiger partial charge is 0.288 e. The van der Waals surface area contributed by atoms with Gasteiger partial charge in [-0.1, -0.05) is 23.7 Å². The Kier molecular flexibility index (Phi) is 4.74. The van der Waals surface area contributed by atoms with Crippen molar-refractivity contribution in [1.29, 1.82) is 0 Å². The predicted octanol–water partition coefficient (Wildman–Crippen LogP) is 5.82. The molecular formula is C21H14ClN3O4. The topological polar surface area (TPSA) is 102 Å². The molecule has 0 bridgehead atoms. The van der Waals surface area contributed by atoms with E-state index >= 15 is 0 Å². The van der Waals surface area contributed by atoms with Crippen LogP contribution >= 0.6 is 11.6 Å². The second kappa shape index (κ2) is 7.37. The highest BCUT2D eigenvalue weighted by Crippen LogP contribution is 2.34. The molecule has 1 heterocycles. The normalized spacial score (nSPS) is 11.4. The third-order valence-electron chi connectivity index (χ3n) is 4.28. The highest BCUT2D eigenvalue weighted by Gasteiger charge is 2.14. The summed E-state index contributed by atoms with van der Waals surface area (Å²) in [7, 11) is 0. The second-order valence-electron chi connectivity index (χ2n) is 6.42. The molecule has 0 atom stereocenters. The van der Waals surface area contributed by atoms with Crippen molar-refractivity contribution in [2.24, 2.45) is 4.99 Å². The maximum Gasteiger partial charge on any atom is 0.288 e. The van der Waals surface area contributed by atoms with Crippen molar-refractivity contribution in [2.75, 3.05) is 0 Å². The van der Waals surface area contributed by atoms with Gasteiger partial charge in [0, 0.05) is 12.3 Å². The van der Waals surface area contributed by atoms with Gasteiger partial charge in [0.25, 0.3) is 5.69 Å². The first-order valence-corrected chi connectivity index (χ1v) is 8.97. The quantitative estimate of drug-likeness (QED) is 0.261. The number of hydrogen-bond donors (Lipinski definition) is 1. The fraction of sp³-hybridized carbons (Fsp3) is 0.0476. The SMILES string of the molecule is Cc1ccc2nc(-c3cc(N=Cc4ccc(Cl)c([N+](=O)[O-])c4)ccc3O)oc2c1. The van der Waals surface area contributed by atoms with Crippen LogP contribution in [0, 0.1) is 17.0 Å². The fourth-order valence-corrected chi connectivity index (χ4v) is 3.01. The number of rotatable bonds is 4. The Morgan fingerprint density at radius 1 is 1.17 bits per heavy atom. The van der Waals surface area contributed by atoms with E-state index in [4.69, 9.17) is 16.0 Å². The number of aliphatic imine (C=N–C) groups is 1. The van der Waals surface area contributed by atoms with Crippen LogP contribution in [0.25, 0.3) is 22.6 Å². The van der Waals surface area contributed by atoms with E-state index in [-0.39, 0.29) is 22.4 Å². The Labute approximate surface area is 170 Å². The van der Waals surface area contributed by atoms with Crippen LogP contribution in [0.1, 0.15) is 11.1 Å². The Balaban J connectivity index is 1.69. The van der Waals surface area contributed by atoms with Crippen molar-refractivity contribution < 1.29 is 14.4 Å². The molecule has 0 saturated carbocycles. The van der Waals surface area contributed by atoms with Gasteiger partial charge in [0.2, 0.25) is 5.89 Å². The predicted molar refractivity (Wildman–Crippen MR) is 111 cm³/mol. The first-order chi connectivity index (χ1) is 13.9. The molecule has 1 aromatic heterocycles. The lowest BCUT2D eigenvalue weighted by Crippen LogP contribution is -1.91. The molecule has 0 radical (unpaired) electrons. The minimum absolute atomic E-state index is 0.00867. The Morgan fingerprint density at radius 3 is 2.79 bits per heavy atom. The van der Waals surface area contributed by atoms with Gasteiger partial charge in [-0.2, -0.15) is 0 Å². The first-order valence-electron chi connectivity index (χ1n) is 8.59. The van der Waals surface area contributed by atoms with Crippen LogP contribution in [-0.4, -0.2) is 21.2 Å². The van der Waals surface area contributed by atoms with Crippen LogP contribution in [0.3, 0.4) is 0 Å². The van der Waals surface area contributed by atoms with Gasteiger partial charge in [0.15, 0.2) is 5.58 Å². The molecule has 0 aliphatic heterocycles. The van der Waals surface area contributed by atoms with E-state index in [1.54, 1.807) is 18.2 Å². The number of aromatic hydroxyl groups is 1. The summed E-state index contributed by atoms with van der Waals surface area (Å²) in [5, 5.41) is 21.3. The molecule has 0 unspecified atom stereocenters. The van der Waals surface area contributed by atoms with Gasteiger partial charge < -0.3 is 9.52 Å². The highest BCUT2D eigenvalue weighted by atomic mass is 35.5. The second-order valence-corrected chi connectivity index (χ2v) is 6.83. The van der Waals surface area contributed by atoms with Crippen LogP contribution in [0.15, 0.2) is 64.0 Å². The maximum atomic E-state index is 11.0. The number of fused-ring (bicyclic) bond motifs is 1. The summed E-state index contributed by atoms with van der Waals surface area (Å²) >= 11 is 5.83. The number of aromatic nitrogens is 1. The van der Waals surface area contributed by atoms with Crippen LogP contribution in [-0.2, 0) is 0 Å². The molecule has 1 N–H and O–H groups in total. The zero-order valence-corrected chi connectivity index (χ0v) is 15.9. The average Bonchev–Trinajstić information content (AvgIpc) is 3.11. The number of benzene rings is 3. The average molecular weight is 408 g/mol. The molecule has 7 nitrogen and oxygen atoms in total. The molecular weight excluding hydrogens is 394 g/mol. The number of hydrogen-bond acceptors (Lipinski definition) is 6. The number of nitro benzene ring substituents is 1. The van der Waals surface area contributed by atoms with Gasteiger partial charge in [-0.15, -0.1) is 0 Å². The van der Waals surface area contributed by atoms with Crippen LogP contribution < -0.4 is 0 Å². The van der Waals surface area contributed by atoms with Gasteiger partial charge in [-0.25, -0.2) is 4.98 Å². The third kappa shape index (κ3) is 3.81. The first kappa shape index (κ1) is 18.6. The number of nitrogens with zero attached hydrogens (tertiary/aromatic N) is 3. The lowest BCUT2D eigenvalue weighted by atomic mass is 10.1. The van der Waals surface area contributed by atoms with E-state index in [9.17, 15) is 15.2 Å². The van der Waals surface area contributed by atoms with E-state index in [1.165, 1.54) is 24.4 Å². The molecule has 29 heavy (non-hydrogen) atoms. The summed E-state index contributed by atoms with van der Waals surface area (Å²) in [4.78, 5) is 19.2. The summed E-state index contributed by atoms with van der Waals surface area (Å²) in [5.74, 6) is 0.289. The summed E-state index contributed by atoms with van der Waals surface area (Å²) in [6.07, 6.45) is 1.48. The summed E-state index contributed by atoms with van der Waals surface area (Å²) in [6.45, 7) is 1.95. The zero-order valence-electron chi connectivity index (χ0n) is 15.2. The number of phenolic OH excluding ortho intramolecular Hbond substituents is 1. The fourth-order valence-electron chi connectivity index (χ4n) is 2.82. The van der Waals surface area contributed by atoms with Gasteiger partial charge in [-0.3, -0.25) is 15.1 Å². The lowest BCUT2D eigenvalue weighted by Gasteiger charge is -2.02. The molecule has 8 heteroatoms. The Bertz CT molecular complexity index is 1280. The number of halogens is 1. The molecule has 4 rings (SSSR count). The van der Waals surface area contributed by atoms with E-state index in [1.807, 2.05) is 25.1 Å². The van der Waals surface area contributed by atoms with Crippen molar-refractivity contribution in [1.82, 2.24) is 4.98 Å². The van der Waals surface area contributed by atoms with E-state index in [2.05, 4.69) is 9.98 Å². The van der Waals surface area contributed by atoms with Crippen molar-refractivity contribution in [3.63, 3.8) is 0 Å². The van der Waals surface area contributed by atoms with Crippen molar-refractivity contribution in [3.05, 3.63) is 80.9 Å². The molecule has 3 aromatic carbocycles. The number of oxazole rings is 1. The van der Waals surface area contributed by atoms with E-state index < -0.39 is 4.92 Å². The van der Waals surface area contributed by atoms with E-state index in [0.29, 0.717) is 27.9 Å². The van der Waals surface area contributed by atoms with Crippen LogP contribution in [0.4, 0.5) is 11.4 Å². The monoisotopic (exact) mass is 407 g/mol. The van der Waals surface area contributed by atoms with Crippen molar-refractivity contribution in [3.8, 4) is 17.2 Å². The summed E-state index contributed by atoms with van der Waals surface area (Å²) < 4.78 is 5.78. The molecule has 4 aromatic rings. The van der Waals surface area contributed by atoms with Crippen LogP contribution in [0.2, 0.25) is 5.02 Å². The van der Waals surface area contributed by atoms with Crippen molar-refractivity contribution in [2.45, 2.75) is 6.92 Å². The van der Waals surface area contributed by atoms with Gasteiger partial charge in [0.1, 0.15) is 16.3 Å². The molecule has 0 saturated heterocycles. The molecule has 0 amide bonds. The largest absolute Gasteiger partial charge is 0.507 e. The van der Waals surface area contributed by atoms with Crippen LogP contribution in [0.5, 0.6) is 5.75 Å². The molecule has 0 spiro atoms. The molecule has 144 valence electrons. The maximum absolute atomic E-state index is 11.0. The van der Waals surface area contributed by atoms with Gasteiger partial charge in [0.05, 0.1) is 16.2 Å². The zero-order chi connectivity index (χ0) is 20.5. The van der Waals surface area contributed by atoms with Gasteiger partial charge >= 0.3 is 0 Å². The third-order valence-corrected chi connectivity index (χ3v) is 4.60. The molecule has 0 fully saturated rings. The molecule has 0 aliphatic carbocycles. The van der Waals surface area contributed by atoms with E-state index in [0.717, 1.165) is 5.56 Å². The minimum Gasteiger partial charge on any atom is -0.507 e. The van der Waals surface area contributed by atoms with Crippen molar-refractivity contribution >= 4 is 40.3 Å².